The molecule has 2 aromatic carbocycles. The van der Waals surface area contributed by atoms with E-state index in [2.05, 4.69) is 5.32 Å². The van der Waals surface area contributed by atoms with E-state index in [0.717, 1.165) is 0 Å². The number of esters is 1. The number of hydrogen-bond donors (Lipinski definition) is 7. The number of nitrogens with one attached hydrogen (secondary N) is 3. The van der Waals surface area contributed by atoms with Gasteiger partial charge in [0.1, 0.15) is 24.0 Å². The largest absolute Gasteiger partial charge is 0.491 e. The van der Waals surface area contributed by atoms with Crippen molar-refractivity contribution in [1.82, 2.24) is 5.32 Å². The minimum Gasteiger partial charge on any atom is -0.491 e. The zero-order chi connectivity index (χ0) is 34.3. The summed E-state index contributed by atoms with van der Waals surface area (Å²) in [6.45, 7) is 1.94. The number of amides is 1. The van der Waals surface area contributed by atoms with Gasteiger partial charge in [-0.2, -0.15) is 26.3 Å². The minimum atomic E-state index is -5.08. The van der Waals surface area contributed by atoms with Crippen molar-refractivity contribution in [3.63, 3.8) is 0 Å². The zero-order valence-corrected chi connectivity index (χ0v) is 22.6. The molecule has 1 atom stereocenters. The lowest BCUT2D eigenvalue weighted by Gasteiger charge is -2.19. The molecule has 0 aliphatic carbocycles. The van der Waals surface area contributed by atoms with Crippen LogP contribution in [-0.4, -0.2) is 77.3 Å². The first-order valence-corrected chi connectivity index (χ1v) is 11.8. The number of carboxylic acids is 2. The van der Waals surface area contributed by atoms with E-state index < -0.39 is 42.2 Å². The number of carbonyl (C=O) groups excluding carboxylic acids is 2. The van der Waals surface area contributed by atoms with Crippen molar-refractivity contribution in [2.24, 2.45) is 11.5 Å². The molecule has 0 saturated heterocycles. The number of nitrogen functional groups attached to an aromatic ring is 2. The van der Waals surface area contributed by atoms with E-state index >= 15 is 0 Å². The summed E-state index contributed by atoms with van der Waals surface area (Å²) >= 11 is 0. The van der Waals surface area contributed by atoms with Crippen LogP contribution in [0.1, 0.15) is 34.8 Å². The van der Waals surface area contributed by atoms with Gasteiger partial charge >= 0.3 is 30.3 Å². The molecule has 0 heterocycles. The molecule has 1 amide bonds. The van der Waals surface area contributed by atoms with E-state index in [1.807, 2.05) is 0 Å². The van der Waals surface area contributed by atoms with Crippen molar-refractivity contribution in [3.05, 3.63) is 65.2 Å². The summed E-state index contributed by atoms with van der Waals surface area (Å²) in [5, 5.41) is 31.9. The van der Waals surface area contributed by atoms with Crippen LogP contribution in [0.5, 0.6) is 5.75 Å². The molecule has 0 fully saturated rings. The number of carbonyl (C=O) groups is 4. The number of aliphatic carboxylic acids is 2. The average molecular weight is 640 g/mol. The van der Waals surface area contributed by atoms with Crippen molar-refractivity contribution in [1.29, 1.82) is 10.8 Å². The lowest BCUT2D eigenvalue weighted by molar-refractivity contribution is -0.193. The molecule has 2 rings (SSSR count). The molecular weight excluding hydrogens is 612 g/mol. The van der Waals surface area contributed by atoms with Crippen LogP contribution in [0.3, 0.4) is 0 Å². The van der Waals surface area contributed by atoms with E-state index in [9.17, 15) is 35.9 Å². The Morgan fingerprint density at radius 2 is 1.30 bits per heavy atom. The molecule has 0 saturated carbocycles. The van der Waals surface area contributed by atoms with Crippen LogP contribution >= 0.6 is 0 Å². The van der Waals surface area contributed by atoms with Gasteiger partial charge in [-0.15, -0.1) is 0 Å². The second-order valence-electron chi connectivity index (χ2n) is 8.03. The molecule has 0 radical (unpaired) electrons. The highest BCUT2D eigenvalue weighted by molar-refractivity contribution is 5.98. The SMILES string of the molecule is CCOC(=O)C[C@H](COc1cccc(C(=N)N)c1)NC(=O)c1ccc(C(=N)N)cc1.O=C(O)C(F)(F)F.O=C(O)C(F)(F)F. The standard InChI is InChI=1S/C21H25N5O4.2C2HF3O2/c1-2-29-18(27)11-16(12-30-17-5-3-4-15(10-17)20(24)25)26-21(28)14-8-6-13(7-9-14)19(22)23;2*3-2(4,5)1(6)7/h3-10,16H,2,11-12H2,1H3,(H3,22,23)(H3,24,25)(H,26,28);2*(H,6,7)/t16-;;/m1../s1. The van der Waals surface area contributed by atoms with E-state index in [1.54, 1.807) is 55.5 Å². The first-order chi connectivity index (χ1) is 20.2. The van der Waals surface area contributed by atoms with Crippen molar-refractivity contribution < 1.29 is 65.2 Å². The molecule has 0 bridgehead atoms. The molecule has 0 aliphatic rings. The highest BCUT2D eigenvalue weighted by Gasteiger charge is 2.38. The van der Waals surface area contributed by atoms with Crippen molar-refractivity contribution in [2.75, 3.05) is 13.2 Å². The van der Waals surface area contributed by atoms with Crippen LogP contribution in [0.4, 0.5) is 26.3 Å². The Labute approximate surface area is 244 Å². The van der Waals surface area contributed by atoms with Gasteiger partial charge in [0.05, 0.1) is 19.1 Å². The van der Waals surface area contributed by atoms with Crippen LogP contribution in [0.15, 0.2) is 48.5 Å². The van der Waals surface area contributed by atoms with Gasteiger partial charge in [0.25, 0.3) is 5.91 Å². The second-order valence-corrected chi connectivity index (χ2v) is 8.03. The summed E-state index contributed by atoms with van der Waals surface area (Å²) in [5.41, 5.74) is 12.3. The van der Waals surface area contributed by atoms with Gasteiger partial charge < -0.3 is 36.5 Å². The molecule has 0 spiro atoms. The number of ether oxygens (including phenoxy) is 2. The molecular formula is C25H27F6N5O8. The highest BCUT2D eigenvalue weighted by atomic mass is 19.4. The van der Waals surface area contributed by atoms with E-state index in [1.165, 1.54) is 0 Å². The molecule has 19 heteroatoms. The summed E-state index contributed by atoms with van der Waals surface area (Å²) < 4.78 is 74.2. The monoisotopic (exact) mass is 639 g/mol. The maximum atomic E-state index is 12.6. The Balaban J connectivity index is 0.00000109. The van der Waals surface area contributed by atoms with Gasteiger partial charge in [-0.1, -0.05) is 24.3 Å². The molecule has 0 aromatic heterocycles. The molecule has 0 aliphatic heterocycles. The average Bonchev–Trinajstić information content (AvgIpc) is 2.91. The molecule has 44 heavy (non-hydrogen) atoms. The maximum absolute atomic E-state index is 12.6. The number of amidine groups is 2. The fraction of sp³-hybridized carbons (Fsp3) is 0.280. The summed E-state index contributed by atoms with van der Waals surface area (Å²) in [6, 6.07) is 12.3. The normalized spacial score (nSPS) is 11.2. The predicted molar refractivity (Wildman–Crippen MR) is 140 cm³/mol. The van der Waals surface area contributed by atoms with Gasteiger partial charge in [0.2, 0.25) is 0 Å². The van der Waals surface area contributed by atoms with E-state index in [4.69, 9.17) is 51.6 Å². The Hall–Kier alpha value is -5.36. The van der Waals surface area contributed by atoms with Gasteiger partial charge in [0, 0.05) is 16.7 Å². The lowest BCUT2D eigenvalue weighted by Crippen LogP contribution is -2.41. The third-order valence-corrected chi connectivity index (χ3v) is 4.59. The Morgan fingerprint density at radius 3 is 1.70 bits per heavy atom. The topological polar surface area (TPSA) is 239 Å². The summed E-state index contributed by atoms with van der Waals surface area (Å²) in [5.74, 6) is -6.11. The molecule has 9 N–H and O–H groups in total. The van der Waals surface area contributed by atoms with E-state index in [0.29, 0.717) is 22.4 Å². The zero-order valence-electron chi connectivity index (χ0n) is 22.6. The van der Waals surface area contributed by atoms with Gasteiger partial charge in [0.15, 0.2) is 0 Å². The lowest BCUT2D eigenvalue weighted by atomic mass is 10.1. The van der Waals surface area contributed by atoms with Crippen LogP contribution in [0, 0.1) is 10.8 Å². The molecule has 242 valence electrons. The Kier molecular flexibility index (Phi) is 15.4. The number of halogens is 6. The fourth-order valence-corrected chi connectivity index (χ4v) is 2.59. The quantitative estimate of drug-likeness (QED) is 0.0868. The van der Waals surface area contributed by atoms with Crippen molar-refractivity contribution >= 4 is 35.5 Å². The van der Waals surface area contributed by atoms with Gasteiger partial charge in [-0.05, 0) is 31.2 Å². The van der Waals surface area contributed by atoms with Crippen LogP contribution in [-0.2, 0) is 19.1 Å². The summed E-state index contributed by atoms with van der Waals surface area (Å²) in [4.78, 5) is 42.3. The van der Waals surface area contributed by atoms with Gasteiger partial charge in [-0.25, -0.2) is 9.59 Å². The number of rotatable bonds is 10. The highest BCUT2D eigenvalue weighted by Crippen LogP contribution is 2.15. The number of carboxylic acid groups (broad SMARTS) is 2. The molecule has 0 unspecified atom stereocenters. The smallest absolute Gasteiger partial charge is 0.490 e. The van der Waals surface area contributed by atoms with E-state index in [-0.39, 0.29) is 31.3 Å². The third kappa shape index (κ3) is 15.6. The minimum absolute atomic E-state index is 0.0114. The van der Waals surface area contributed by atoms with Crippen molar-refractivity contribution in [2.45, 2.75) is 31.7 Å². The first-order valence-electron chi connectivity index (χ1n) is 11.8. The number of alkyl halides is 6. The first kappa shape index (κ1) is 38.6. The Morgan fingerprint density at radius 1 is 0.841 bits per heavy atom. The van der Waals surface area contributed by atoms with Crippen LogP contribution < -0.4 is 21.5 Å². The summed E-state index contributed by atoms with van der Waals surface area (Å²) in [7, 11) is 0. The fourth-order valence-electron chi connectivity index (χ4n) is 2.59. The number of benzene rings is 2. The van der Waals surface area contributed by atoms with Crippen LogP contribution in [0.25, 0.3) is 0 Å². The van der Waals surface area contributed by atoms with Crippen molar-refractivity contribution in [3.8, 4) is 5.75 Å². The maximum Gasteiger partial charge on any atom is 0.490 e. The Bertz CT molecular complexity index is 1290. The number of hydrogen-bond acceptors (Lipinski definition) is 8. The van der Waals surface area contributed by atoms with Gasteiger partial charge in [-0.3, -0.25) is 20.4 Å². The third-order valence-electron chi connectivity index (χ3n) is 4.59. The number of nitrogens with two attached hydrogens (primary N) is 2. The second kappa shape index (κ2) is 17.6. The van der Waals surface area contributed by atoms with Crippen LogP contribution in [0.2, 0.25) is 0 Å². The summed E-state index contributed by atoms with van der Waals surface area (Å²) in [6.07, 6.45) is -10.2. The molecule has 2 aromatic rings. The predicted octanol–water partition coefficient (Wildman–Crippen LogP) is 2.65. The molecule has 13 nitrogen and oxygen atoms in total.